The van der Waals surface area contributed by atoms with Gasteiger partial charge in [-0.1, -0.05) is 6.42 Å². The number of carbonyl (C=O) groups is 2. The summed E-state index contributed by atoms with van der Waals surface area (Å²) in [6.45, 7) is 0. The highest BCUT2D eigenvalue weighted by Gasteiger charge is 2.41. The van der Waals surface area contributed by atoms with E-state index in [4.69, 9.17) is 5.73 Å². The largest absolute Gasteiger partial charge is 0.391 e. The number of hydrogen-bond donors (Lipinski definition) is 2. The highest BCUT2D eigenvalue weighted by molar-refractivity contribution is 5.80. The van der Waals surface area contributed by atoms with Crippen molar-refractivity contribution < 1.29 is 22.8 Å². The van der Waals surface area contributed by atoms with E-state index >= 15 is 0 Å². The molecule has 2 atom stereocenters. The van der Waals surface area contributed by atoms with Gasteiger partial charge in [0.25, 0.3) is 0 Å². The Labute approximate surface area is 128 Å². The van der Waals surface area contributed by atoms with Crippen molar-refractivity contribution in [2.75, 3.05) is 0 Å². The number of rotatable bonds is 4. The lowest BCUT2D eigenvalue weighted by Gasteiger charge is -2.30. The topological polar surface area (TPSA) is 72.2 Å². The molecule has 0 unspecified atom stereocenters. The molecule has 0 aromatic carbocycles. The molecule has 2 saturated carbocycles. The number of nitrogens with two attached hydrogens (primary N) is 1. The molecule has 0 radical (unpaired) electrons. The number of carbonyl (C=O) groups excluding carboxylic acids is 2. The highest BCUT2D eigenvalue weighted by atomic mass is 19.4. The molecule has 3 N–H and O–H groups in total. The lowest BCUT2D eigenvalue weighted by atomic mass is 9.80. The van der Waals surface area contributed by atoms with Crippen LogP contribution in [0, 0.1) is 17.8 Å². The van der Waals surface area contributed by atoms with Gasteiger partial charge in [0.1, 0.15) is 0 Å². The number of halogens is 3. The molecule has 2 fully saturated rings. The van der Waals surface area contributed by atoms with Crippen molar-refractivity contribution in [1.82, 2.24) is 5.32 Å². The van der Waals surface area contributed by atoms with Crippen LogP contribution in [0.1, 0.15) is 51.4 Å². The lowest BCUT2D eigenvalue weighted by molar-refractivity contribution is -0.184. The molecular formula is C15H23F3N2O2. The van der Waals surface area contributed by atoms with E-state index in [1.807, 2.05) is 0 Å². The van der Waals surface area contributed by atoms with Gasteiger partial charge in [0, 0.05) is 12.5 Å². The zero-order valence-electron chi connectivity index (χ0n) is 12.5. The van der Waals surface area contributed by atoms with Gasteiger partial charge in [0.2, 0.25) is 11.8 Å². The Balaban J connectivity index is 1.75. The third-order valence-electron chi connectivity index (χ3n) is 5.01. The Hall–Kier alpha value is -1.27. The normalized spacial score (nSPS) is 32.7. The van der Waals surface area contributed by atoms with Crippen LogP contribution in [0.15, 0.2) is 0 Å². The zero-order chi connectivity index (χ0) is 16.3. The van der Waals surface area contributed by atoms with Crippen LogP contribution in [0.3, 0.4) is 0 Å². The van der Waals surface area contributed by atoms with Crippen molar-refractivity contribution in [2.45, 2.75) is 63.6 Å². The quantitative estimate of drug-likeness (QED) is 0.835. The highest BCUT2D eigenvalue weighted by Crippen LogP contribution is 2.40. The van der Waals surface area contributed by atoms with Crippen molar-refractivity contribution in [3.63, 3.8) is 0 Å². The second kappa shape index (κ2) is 6.87. The van der Waals surface area contributed by atoms with Gasteiger partial charge in [0.05, 0.1) is 11.8 Å². The van der Waals surface area contributed by atoms with Crippen molar-refractivity contribution >= 4 is 11.8 Å². The maximum atomic E-state index is 12.6. The lowest BCUT2D eigenvalue weighted by Crippen LogP contribution is -2.43. The van der Waals surface area contributed by atoms with Gasteiger partial charge in [-0.05, 0) is 44.4 Å². The van der Waals surface area contributed by atoms with Crippen LogP contribution in [0.2, 0.25) is 0 Å². The molecule has 2 aliphatic carbocycles. The first-order chi connectivity index (χ1) is 10.3. The predicted molar refractivity (Wildman–Crippen MR) is 74.6 cm³/mol. The molecule has 2 rings (SSSR count). The van der Waals surface area contributed by atoms with Gasteiger partial charge in [0.15, 0.2) is 0 Å². The molecule has 0 heterocycles. The third kappa shape index (κ3) is 4.36. The Morgan fingerprint density at radius 1 is 1.05 bits per heavy atom. The van der Waals surface area contributed by atoms with Crippen LogP contribution in [-0.4, -0.2) is 24.0 Å². The van der Waals surface area contributed by atoms with E-state index in [-0.39, 0.29) is 43.0 Å². The van der Waals surface area contributed by atoms with Crippen molar-refractivity contribution in [3.8, 4) is 0 Å². The Kier molecular flexibility index (Phi) is 5.34. The monoisotopic (exact) mass is 320 g/mol. The van der Waals surface area contributed by atoms with Crippen LogP contribution in [0.4, 0.5) is 13.2 Å². The van der Waals surface area contributed by atoms with Crippen molar-refractivity contribution in [2.24, 2.45) is 23.5 Å². The molecule has 0 aromatic rings. The summed E-state index contributed by atoms with van der Waals surface area (Å²) < 4.78 is 37.8. The van der Waals surface area contributed by atoms with E-state index in [2.05, 4.69) is 5.32 Å². The predicted octanol–water partition coefficient (Wildman–Crippen LogP) is 2.52. The molecule has 0 aromatic heterocycles. The summed E-state index contributed by atoms with van der Waals surface area (Å²) in [6, 6.07) is -0.212. The molecule has 22 heavy (non-hydrogen) atoms. The van der Waals surface area contributed by atoms with E-state index in [0.717, 1.165) is 12.8 Å². The second-order valence-corrected chi connectivity index (χ2v) is 6.58. The molecular weight excluding hydrogens is 297 g/mol. The number of primary amides is 1. The molecule has 7 heteroatoms. The smallest absolute Gasteiger partial charge is 0.369 e. The van der Waals surface area contributed by atoms with E-state index < -0.39 is 18.0 Å². The molecule has 2 amide bonds. The Bertz CT molecular complexity index is 418. The molecule has 2 aliphatic rings. The van der Waals surface area contributed by atoms with Gasteiger partial charge < -0.3 is 11.1 Å². The maximum absolute atomic E-state index is 12.6. The summed E-state index contributed by atoms with van der Waals surface area (Å²) in [6.07, 6.45) is -0.517. The van der Waals surface area contributed by atoms with Gasteiger partial charge in [-0.15, -0.1) is 0 Å². The fourth-order valence-electron chi connectivity index (χ4n) is 3.70. The number of amides is 2. The van der Waals surface area contributed by atoms with Gasteiger partial charge in [-0.25, -0.2) is 0 Å². The first kappa shape index (κ1) is 17.1. The Morgan fingerprint density at radius 3 is 2.23 bits per heavy atom. The molecule has 0 saturated heterocycles. The van der Waals surface area contributed by atoms with Crippen molar-refractivity contribution in [1.29, 1.82) is 0 Å². The fraction of sp³-hybridized carbons (Fsp3) is 0.867. The van der Waals surface area contributed by atoms with Crippen LogP contribution < -0.4 is 11.1 Å². The van der Waals surface area contributed by atoms with Gasteiger partial charge in [-0.3, -0.25) is 9.59 Å². The summed E-state index contributed by atoms with van der Waals surface area (Å²) in [5.41, 5.74) is 5.31. The third-order valence-corrected chi connectivity index (χ3v) is 5.01. The van der Waals surface area contributed by atoms with E-state index in [0.29, 0.717) is 19.3 Å². The number of nitrogens with one attached hydrogen (secondary N) is 1. The molecule has 0 aliphatic heterocycles. The molecule has 0 spiro atoms. The molecule has 4 nitrogen and oxygen atoms in total. The minimum Gasteiger partial charge on any atom is -0.369 e. The first-order valence-electron chi connectivity index (χ1n) is 7.92. The number of hydrogen-bond acceptors (Lipinski definition) is 2. The van der Waals surface area contributed by atoms with Gasteiger partial charge >= 0.3 is 6.18 Å². The van der Waals surface area contributed by atoms with Gasteiger partial charge in [-0.2, -0.15) is 13.2 Å². The Morgan fingerprint density at radius 2 is 1.68 bits per heavy atom. The maximum Gasteiger partial charge on any atom is 0.391 e. The summed E-state index contributed by atoms with van der Waals surface area (Å²) in [5.74, 6) is -2.10. The van der Waals surface area contributed by atoms with E-state index in [1.165, 1.54) is 0 Å². The van der Waals surface area contributed by atoms with Crippen LogP contribution >= 0.6 is 0 Å². The summed E-state index contributed by atoms with van der Waals surface area (Å²) in [4.78, 5) is 23.3. The van der Waals surface area contributed by atoms with Crippen molar-refractivity contribution in [3.05, 3.63) is 0 Å². The van der Waals surface area contributed by atoms with Crippen LogP contribution in [0.5, 0.6) is 0 Å². The summed E-state index contributed by atoms with van der Waals surface area (Å²) in [7, 11) is 0. The summed E-state index contributed by atoms with van der Waals surface area (Å²) in [5, 5.41) is 2.84. The van der Waals surface area contributed by atoms with Crippen LogP contribution in [0.25, 0.3) is 0 Å². The standard InChI is InChI=1S/C15H23F3N2O2/c16-15(17,18)10-6-4-9(5-7-10)8-13(21)20-12-3-1-2-11(12)14(19)22/h9-12H,1-8H2,(H2,19,22)(H,20,21)/t9?,10?,11-,12-/m0/s1. The molecule has 0 bridgehead atoms. The van der Waals surface area contributed by atoms with E-state index in [9.17, 15) is 22.8 Å². The van der Waals surface area contributed by atoms with Crippen LogP contribution in [-0.2, 0) is 9.59 Å². The minimum atomic E-state index is -4.12. The fourth-order valence-corrected chi connectivity index (χ4v) is 3.70. The second-order valence-electron chi connectivity index (χ2n) is 6.58. The van der Waals surface area contributed by atoms with E-state index in [1.54, 1.807) is 0 Å². The minimum absolute atomic E-state index is 0.00651. The average Bonchev–Trinajstić information content (AvgIpc) is 2.86. The zero-order valence-corrected chi connectivity index (χ0v) is 12.5. The molecule has 126 valence electrons. The SMILES string of the molecule is NC(=O)[C@H]1CCC[C@@H]1NC(=O)CC1CCC(C(F)(F)F)CC1. The first-order valence-corrected chi connectivity index (χ1v) is 7.92. The summed E-state index contributed by atoms with van der Waals surface area (Å²) >= 11 is 0. The number of alkyl halides is 3. The average molecular weight is 320 g/mol.